The summed E-state index contributed by atoms with van der Waals surface area (Å²) in [5.41, 5.74) is 6.35. The molecular formula is C8H9ClFNS. The van der Waals surface area contributed by atoms with E-state index in [1.54, 1.807) is 31.2 Å². The van der Waals surface area contributed by atoms with Crippen molar-refractivity contribution in [3.63, 3.8) is 0 Å². The van der Waals surface area contributed by atoms with E-state index in [1.165, 1.54) is 0 Å². The van der Waals surface area contributed by atoms with Gasteiger partial charge in [0.1, 0.15) is 4.87 Å². The molecule has 0 spiro atoms. The van der Waals surface area contributed by atoms with E-state index in [0.29, 0.717) is 5.02 Å². The maximum atomic E-state index is 12.3. The van der Waals surface area contributed by atoms with Crippen LogP contribution in [0, 0.1) is 0 Å². The van der Waals surface area contributed by atoms with Gasteiger partial charge in [-0.05, 0) is 24.6 Å². The lowest BCUT2D eigenvalue weighted by atomic mass is 10.1. The molecule has 4 heteroatoms. The Morgan fingerprint density at radius 2 is 1.92 bits per heavy atom. The molecule has 2 N–H and O–H groups in total. The van der Waals surface area contributed by atoms with E-state index in [-0.39, 0.29) is 12.1 Å². The lowest BCUT2D eigenvalue weighted by Crippen LogP contribution is -2.27. The quantitative estimate of drug-likeness (QED) is 0.751. The highest BCUT2D eigenvalue weighted by Crippen LogP contribution is 2.31. The molecule has 0 bridgehead atoms. The van der Waals surface area contributed by atoms with Crippen LogP contribution in [0.2, 0.25) is 5.02 Å². The van der Waals surface area contributed by atoms with Crippen molar-refractivity contribution in [1.82, 2.24) is 0 Å². The van der Waals surface area contributed by atoms with Crippen molar-refractivity contribution in [3.05, 3.63) is 34.9 Å². The number of benzene rings is 1. The fourth-order valence-electron chi connectivity index (χ4n) is 0.825. The average Bonchev–Trinajstić information content (AvgIpc) is 2.05. The lowest BCUT2D eigenvalue weighted by Gasteiger charge is -2.18. The van der Waals surface area contributed by atoms with Crippen molar-refractivity contribution in [2.75, 3.05) is 0 Å². The molecule has 12 heavy (non-hydrogen) atoms. The minimum absolute atomic E-state index is 0.121. The first-order valence-corrected chi connectivity index (χ1v) is 4.50. The third-order valence-electron chi connectivity index (χ3n) is 1.58. The van der Waals surface area contributed by atoms with Gasteiger partial charge in [-0.1, -0.05) is 23.7 Å². The zero-order chi connectivity index (χ0) is 9.19. The summed E-state index contributed by atoms with van der Waals surface area (Å²) in [4.78, 5) is -0.982. The van der Waals surface area contributed by atoms with Crippen molar-refractivity contribution in [1.29, 1.82) is 0 Å². The van der Waals surface area contributed by atoms with Crippen molar-refractivity contribution in [3.8, 4) is 0 Å². The van der Waals surface area contributed by atoms with Crippen LogP contribution < -0.4 is 5.73 Å². The third kappa shape index (κ3) is 2.12. The second-order valence-electron chi connectivity index (χ2n) is 2.69. The van der Waals surface area contributed by atoms with Gasteiger partial charge >= 0.3 is 0 Å². The van der Waals surface area contributed by atoms with Crippen LogP contribution in [0.4, 0.5) is 3.89 Å². The molecule has 66 valence electrons. The van der Waals surface area contributed by atoms with Crippen LogP contribution in [0.1, 0.15) is 12.5 Å². The highest BCUT2D eigenvalue weighted by atomic mass is 35.5. The molecule has 0 aliphatic rings. The number of rotatable bonds is 2. The van der Waals surface area contributed by atoms with Gasteiger partial charge < -0.3 is 5.73 Å². The van der Waals surface area contributed by atoms with E-state index in [4.69, 9.17) is 17.3 Å². The molecule has 0 heterocycles. The predicted octanol–water partition coefficient (Wildman–Crippen LogP) is 3.09. The Kier molecular flexibility index (Phi) is 2.99. The second kappa shape index (κ2) is 3.64. The summed E-state index contributed by atoms with van der Waals surface area (Å²) in [5.74, 6) is 0. The topological polar surface area (TPSA) is 26.0 Å². The van der Waals surface area contributed by atoms with E-state index in [9.17, 15) is 3.89 Å². The molecule has 0 radical (unpaired) electrons. The molecule has 0 aromatic heterocycles. The molecular weight excluding hydrogens is 197 g/mol. The summed E-state index contributed by atoms with van der Waals surface area (Å²) in [5, 5.41) is 0.624. The molecule has 0 saturated heterocycles. The van der Waals surface area contributed by atoms with Crippen LogP contribution >= 0.6 is 23.7 Å². The lowest BCUT2D eigenvalue weighted by molar-refractivity contribution is 0.705. The van der Waals surface area contributed by atoms with E-state index < -0.39 is 4.87 Å². The van der Waals surface area contributed by atoms with E-state index in [0.717, 1.165) is 5.56 Å². The second-order valence-corrected chi connectivity index (χ2v) is 4.13. The highest BCUT2D eigenvalue weighted by molar-refractivity contribution is 7.95. The zero-order valence-electron chi connectivity index (χ0n) is 6.55. The van der Waals surface area contributed by atoms with E-state index in [1.807, 2.05) is 0 Å². The fourth-order valence-corrected chi connectivity index (χ4v) is 1.18. The Morgan fingerprint density at radius 3 is 2.33 bits per heavy atom. The van der Waals surface area contributed by atoms with Gasteiger partial charge in [-0.25, -0.2) is 0 Å². The number of hydrogen-bond donors (Lipinski definition) is 1. The van der Waals surface area contributed by atoms with Crippen LogP contribution in [0.5, 0.6) is 0 Å². The number of halogens is 2. The summed E-state index contributed by atoms with van der Waals surface area (Å²) in [6, 6.07) is 6.82. The molecule has 1 atom stereocenters. The molecule has 1 unspecified atom stereocenters. The van der Waals surface area contributed by atoms with Gasteiger partial charge in [0.05, 0.1) is 12.1 Å². The zero-order valence-corrected chi connectivity index (χ0v) is 8.12. The standard InChI is InChI=1S/C8H9ClFNS/c1-8(11,12-10)6-2-4-7(9)5-3-6/h2-5H,11H2,1H3. The van der Waals surface area contributed by atoms with Crippen LogP contribution in [-0.4, -0.2) is 0 Å². The Hall–Kier alpha value is -0.250. The molecule has 1 aromatic rings. The first-order chi connectivity index (χ1) is 5.56. The van der Waals surface area contributed by atoms with E-state index in [2.05, 4.69) is 0 Å². The molecule has 1 rings (SSSR count). The van der Waals surface area contributed by atoms with Crippen molar-refractivity contribution < 1.29 is 3.89 Å². The molecule has 1 aromatic carbocycles. The first-order valence-electron chi connectivity index (χ1n) is 3.41. The maximum absolute atomic E-state index is 12.3. The van der Waals surface area contributed by atoms with Crippen LogP contribution in [0.3, 0.4) is 0 Å². The van der Waals surface area contributed by atoms with Gasteiger partial charge in [0, 0.05) is 5.02 Å². The number of hydrogen-bond acceptors (Lipinski definition) is 2. The molecule has 0 aliphatic heterocycles. The summed E-state index contributed by atoms with van der Waals surface area (Å²) in [6.45, 7) is 1.61. The summed E-state index contributed by atoms with van der Waals surface area (Å²) >= 11 is 5.78. The van der Waals surface area contributed by atoms with Crippen molar-refractivity contribution >= 4 is 23.7 Å². The van der Waals surface area contributed by atoms with Crippen LogP contribution in [0.25, 0.3) is 0 Å². The van der Waals surface area contributed by atoms with Crippen LogP contribution in [-0.2, 0) is 4.87 Å². The molecule has 0 saturated carbocycles. The number of nitrogens with two attached hydrogens (primary N) is 1. The molecule has 0 fully saturated rings. The summed E-state index contributed by atoms with van der Waals surface area (Å²) in [7, 11) is 0. The van der Waals surface area contributed by atoms with Crippen LogP contribution in [0.15, 0.2) is 24.3 Å². The monoisotopic (exact) mass is 205 g/mol. The maximum Gasteiger partial charge on any atom is 0.116 e. The van der Waals surface area contributed by atoms with Gasteiger partial charge in [0.25, 0.3) is 0 Å². The van der Waals surface area contributed by atoms with Gasteiger partial charge in [0.15, 0.2) is 0 Å². The van der Waals surface area contributed by atoms with Crippen molar-refractivity contribution in [2.45, 2.75) is 11.8 Å². The Labute approximate surface area is 80.4 Å². The van der Waals surface area contributed by atoms with Gasteiger partial charge in [-0.2, -0.15) is 3.89 Å². The Balaban J connectivity index is 2.96. The minimum atomic E-state index is -0.982. The molecule has 0 aliphatic carbocycles. The third-order valence-corrected chi connectivity index (χ3v) is 2.39. The summed E-state index contributed by atoms with van der Waals surface area (Å²) < 4.78 is 12.3. The SMILES string of the molecule is CC(N)(SF)c1ccc(Cl)cc1. The average molecular weight is 206 g/mol. The largest absolute Gasteiger partial charge is 0.311 e. The van der Waals surface area contributed by atoms with Crippen molar-refractivity contribution in [2.24, 2.45) is 5.73 Å². The van der Waals surface area contributed by atoms with Gasteiger partial charge in [0.2, 0.25) is 0 Å². The minimum Gasteiger partial charge on any atom is -0.311 e. The highest BCUT2D eigenvalue weighted by Gasteiger charge is 2.22. The Morgan fingerprint density at radius 1 is 1.42 bits per heavy atom. The molecule has 0 amide bonds. The van der Waals surface area contributed by atoms with E-state index >= 15 is 0 Å². The first kappa shape index (κ1) is 9.84. The Bertz CT molecular complexity index is 260. The predicted molar refractivity (Wildman–Crippen MR) is 51.7 cm³/mol. The normalized spacial score (nSPS) is 15.7. The summed E-state index contributed by atoms with van der Waals surface area (Å²) in [6.07, 6.45) is 0. The smallest absolute Gasteiger partial charge is 0.116 e. The fraction of sp³-hybridized carbons (Fsp3) is 0.250. The van der Waals surface area contributed by atoms with Gasteiger partial charge in [-0.3, -0.25) is 0 Å². The van der Waals surface area contributed by atoms with Gasteiger partial charge in [-0.15, -0.1) is 0 Å². The molecule has 1 nitrogen and oxygen atoms in total.